The third-order valence-electron chi connectivity index (χ3n) is 3.89. The van der Waals surface area contributed by atoms with Crippen LogP contribution in [0, 0.1) is 11.7 Å². The Kier molecular flexibility index (Phi) is 5.60. The highest BCUT2D eigenvalue weighted by Gasteiger charge is 2.27. The lowest BCUT2D eigenvalue weighted by atomic mass is 9.96. The number of urea groups is 1. The van der Waals surface area contributed by atoms with Gasteiger partial charge in [0.2, 0.25) is 0 Å². The molecule has 1 heterocycles. The fourth-order valence-corrected chi connectivity index (χ4v) is 2.33. The second-order valence-corrected chi connectivity index (χ2v) is 5.89. The fourth-order valence-electron chi connectivity index (χ4n) is 2.33. The van der Waals surface area contributed by atoms with Gasteiger partial charge in [0.1, 0.15) is 18.2 Å². The van der Waals surface area contributed by atoms with Crippen molar-refractivity contribution in [2.75, 3.05) is 19.7 Å². The number of aliphatic hydroxyl groups excluding tert-OH is 1. The number of rotatable bonds is 4. The van der Waals surface area contributed by atoms with Crippen LogP contribution in [-0.4, -0.2) is 47.9 Å². The van der Waals surface area contributed by atoms with E-state index in [0.717, 1.165) is 6.42 Å². The van der Waals surface area contributed by atoms with Crippen LogP contribution in [0.3, 0.4) is 0 Å². The molecule has 2 rings (SSSR count). The summed E-state index contributed by atoms with van der Waals surface area (Å²) in [5, 5.41) is 12.7. The third kappa shape index (κ3) is 4.59. The Bertz CT molecular complexity index is 495. The van der Waals surface area contributed by atoms with E-state index in [0.29, 0.717) is 25.4 Å². The highest BCUT2D eigenvalue weighted by atomic mass is 19.1. The van der Waals surface area contributed by atoms with Crippen molar-refractivity contribution >= 4 is 6.03 Å². The molecule has 0 aromatic heterocycles. The summed E-state index contributed by atoms with van der Waals surface area (Å²) in [7, 11) is 0. The summed E-state index contributed by atoms with van der Waals surface area (Å²) < 4.78 is 18.3. The van der Waals surface area contributed by atoms with Gasteiger partial charge in [0.25, 0.3) is 0 Å². The quantitative estimate of drug-likeness (QED) is 0.894. The van der Waals surface area contributed by atoms with E-state index < -0.39 is 6.10 Å². The molecule has 3 atom stereocenters. The lowest BCUT2D eigenvalue weighted by Gasteiger charge is -2.34. The van der Waals surface area contributed by atoms with Crippen molar-refractivity contribution in [3.05, 3.63) is 30.1 Å². The van der Waals surface area contributed by atoms with Crippen molar-refractivity contribution in [2.45, 2.75) is 32.4 Å². The Hall–Kier alpha value is -1.82. The fraction of sp³-hybridized carbons (Fsp3) is 0.562. The summed E-state index contributed by atoms with van der Waals surface area (Å²) in [5.41, 5.74) is 0. The Balaban J connectivity index is 1.75. The van der Waals surface area contributed by atoms with E-state index in [9.17, 15) is 14.3 Å². The number of ether oxygens (including phenoxy) is 1. The molecule has 22 heavy (non-hydrogen) atoms. The highest BCUT2D eigenvalue weighted by molar-refractivity contribution is 5.74. The van der Waals surface area contributed by atoms with Crippen LogP contribution in [0.5, 0.6) is 5.75 Å². The number of amides is 2. The molecule has 1 aliphatic rings. The molecule has 1 aromatic carbocycles. The summed E-state index contributed by atoms with van der Waals surface area (Å²) in [6.07, 6.45) is 0.333. The van der Waals surface area contributed by atoms with Crippen LogP contribution >= 0.6 is 0 Å². The van der Waals surface area contributed by atoms with Crippen LogP contribution in [0.25, 0.3) is 0 Å². The van der Waals surface area contributed by atoms with Gasteiger partial charge in [-0.2, -0.15) is 0 Å². The molecule has 0 aliphatic carbocycles. The maximum atomic E-state index is 12.8. The number of nitrogens with zero attached hydrogens (tertiary/aromatic N) is 1. The maximum Gasteiger partial charge on any atom is 0.317 e. The average molecular weight is 310 g/mol. The number of halogens is 1. The van der Waals surface area contributed by atoms with E-state index in [1.54, 1.807) is 17.0 Å². The number of aliphatic hydroxyl groups is 1. The first kappa shape index (κ1) is 16.5. The smallest absolute Gasteiger partial charge is 0.317 e. The van der Waals surface area contributed by atoms with E-state index in [1.807, 2.05) is 13.8 Å². The van der Waals surface area contributed by atoms with Crippen molar-refractivity contribution in [2.24, 2.45) is 5.92 Å². The number of likely N-dealkylation sites (tertiary alicyclic amines) is 1. The second-order valence-electron chi connectivity index (χ2n) is 5.89. The molecule has 1 saturated heterocycles. The Labute approximate surface area is 130 Å². The van der Waals surface area contributed by atoms with Crippen LogP contribution < -0.4 is 10.1 Å². The molecule has 122 valence electrons. The normalized spacial score (nSPS) is 23.0. The number of hydrogen-bond acceptors (Lipinski definition) is 3. The predicted molar refractivity (Wildman–Crippen MR) is 81.2 cm³/mol. The molecule has 0 radical (unpaired) electrons. The number of carbonyl (C=O) groups excluding carboxylic acids is 1. The first-order valence-electron chi connectivity index (χ1n) is 7.57. The van der Waals surface area contributed by atoms with Crippen molar-refractivity contribution < 1.29 is 19.0 Å². The van der Waals surface area contributed by atoms with Crippen molar-refractivity contribution in [1.29, 1.82) is 0 Å². The zero-order chi connectivity index (χ0) is 16.1. The maximum absolute atomic E-state index is 12.8. The second kappa shape index (κ2) is 7.45. The molecule has 6 heteroatoms. The standard InChI is InChI=1S/C16H23FN2O3/c1-11-7-8-19(9-15(11)20)16(21)18-12(2)10-22-14-5-3-13(17)4-6-14/h3-6,11-12,15,20H,7-10H2,1-2H3,(H,18,21)/t11-,12+,15+/m0/s1. The number of nitrogens with one attached hydrogen (secondary N) is 1. The molecular weight excluding hydrogens is 287 g/mol. The third-order valence-corrected chi connectivity index (χ3v) is 3.89. The molecule has 0 bridgehead atoms. The van der Waals surface area contributed by atoms with Gasteiger partial charge >= 0.3 is 6.03 Å². The van der Waals surface area contributed by atoms with Crippen LogP contribution in [0.4, 0.5) is 9.18 Å². The molecule has 1 aromatic rings. The topological polar surface area (TPSA) is 61.8 Å². The minimum absolute atomic E-state index is 0.186. The molecule has 2 N–H and O–H groups in total. The van der Waals surface area contributed by atoms with Crippen LogP contribution in [0.1, 0.15) is 20.3 Å². The van der Waals surface area contributed by atoms with E-state index in [1.165, 1.54) is 12.1 Å². The van der Waals surface area contributed by atoms with Crippen molar-refractivity contribution in [3.8, 4) is 5.75 Å². The molecule has 1 fully saturated rings. The van der Waals surface area contributed by atoms with Crippen LogP contribution in [-0.2, 0) is 0 Å². The number of hydrogen-bond donors (Lipinski definition) is 2. The average Bonchev–Trinajstić information content (AvgIpc) is 2.49. The summed E-state index contributed by atoms with van der Waals surface area (Å²) in [5.74, 6) is 0.472. The first-order valence-corrected chi connectivity index (χ1v) is 7.57. The number of piperidine rings is 1. The van der Waals surface area contributed by atoms with Crippen molar-refractivity contribution in [1.82, 2.24) is 10.2 Å². The summed E-state index contributed by atoms with van der Waals surface area (Å²) in [6.45, 7) is 5.13. The van der Waals surface area contributed by atoms with Gasteiger partial charge in [-0.25, -0.2) is 9.18 Å². The molecular formula is C16H23FN2O3. The zero-order valence-corrected chi connectivity index (χ0v) is 13.0. The van der Waals surface area contributed by atoms with Crippen LogP contribution in [0.2, 0.25) is 0 Å². The minimum Gasteiger partial charge on any atom is -0.491 e. The van der Waals surface area contributed by atoms with E-state index in [4.69, 9.17) is 4.74 Å². The van der Waals surface area contributed by atoms with E-state index >= 15 is 0 Å². The first-order chi connectivity index (χ1) is 10.5. The molecule has 5 nitrogen and oxygen atoms in total. The van der Waals surface area contributed by atoms with E-state index in [2.05, 4.69) is 5.32 Å². The highest BCUT2D eigenvalue weighted by Crippen LogP contribution is 2.17. The van der Waals surface area contributed by atoms with Gasteiger partial charge in [-0.1, -0.05) is 6.92 Å². The Morgan fingerprint density at radius 1 is 1.50 bits per heavy atom. The lowest BCUT2D eigenvalue weighted by Crippen LogP contribution is -2.52. The molecule has 0 unspecified atom stereocenters. The SMILES string of the molecule is C[C@H](COc1ccc(F)cc1)NC(=O)N1CC[C@H](C)[C@H](O)C1. The predicted octanol–water partition coefficient (Wildman–Crippen LogP) is 2.01. The number of carbonyl (C=O) groups is 1. The molecule has 1 aliphatic heterocycles. The molecule has 0 saturated carbocycles. The van der Waals surface area contributed by atoms with Gasteiger partial charge in [0.05, 0.1) is 12.1 Å². The van der Waals surface area contributed by atoms with Crippen molar-refractivity contribution in [3.63, 3.8) is 0 Å². The Morgan fingerprint density at radius 3 is 2.82 bits per heavy atom. The zero-order valence-electron chi connectivity index (χ0n) is 13.0. The largest absolute Gasteiger partial charge is 0.491 e. The van der Waals surface area contributed by atoms with Gasteiger partial charge in [0.15, 0.2) is 0 Å². The summed E-state index contributed by atoms with van der Waals surface area (Å²) >= 11 is 0. The number of benzene rings is 1. The summed E-state index contributed by atoms with van der Waals surface area (Å²) in [4.78, 5) is 13.7. The van der Waals surface area contributed by atoms with Gasteiger partial charge < -0.3 is 20.1 Å². The minimum atomic E-state index is -0.467. The van der Waals surface area contributed by atoms with Gasteiger partial charge in [-0.3, -0.25) is 0 Å². The van der Waals surface area contributed by atoms with Gasteiger partial charge in [0, 0.05) is 13.1 Å². The summed E-state index contributed by atoms with van der Waals surface area (Å²) in [6, 6.07) is 5.37. The molecule has 2 amide bonds. The van der Waals surface area contributed by atoms with Gasteiger partial charge in [-0.05, 0) is 43.5 Å². The van der Waals surface area contributed by atoms with E-state index in [-0.39, 0.29) is 23.8 Å². The monoisotopic (exact) mass is 310 g/mol. The lowest BCUT2D eigenvalue weighted by molar-refractivity contribution is 0.0427. The van der Waals surface area contributed by atoms with Crippen LogP contribution in [0.15, 0.2) is 24.3 Å². The number of β-amino-alcohol motifs (C(OH)–C–C–N with tert-alkyl or cyclic N) is 1. The molecule has 0 spiro atoms. The Morgan fingerprint density at radius 2 is 2.18 bits per heavy atom. The van der Waals surface area contributed by atoms with Gasteiger partial charge in [-0.15, -0.1) is 0 Å².